The zero-order chi connectivity index (χ0) is 20.4. The van der Waals surface area contributed by atoms with Crippen LogP contribution in [0.2, 0.25) is 10.0 Å². The van der Waals surface area contributed by atoms with Crippen LogP contribution < -0.4 is 0 Å². The van der Waals surface area contributed by atoms with Crippen molar-refractivity contribution >= 4 is 33.3 Å². The van der Waals surface area contributed by atoms with Crippen molar-refractivity contribution in [2.75, 3.05) is 0 Å². The minimum atomic E-state index is -3.95. The summed E-state index contributed by atoms with van der Waals surface area (Å²) in [6, 6.07) is 11.6. The molecular weight excluding hydrogens is 423 g/mol. The molecule has 0 aromatic heterocycles. The normalized spacial score (nSPS) is 22.9. The molecule has 8 heteroatoms. The fourth-order valence-corrected chi connectivity index (χ4v) is 4.59. The number of aryl methyl sites for hydroxylation is 1. The van der Waals surface area contributed by atoms with Crippen LogP contribution in [0.4, 0.5) is 0 Å². The van der Waals surface area contributed by atoms with E-state index in [1.165, 1.54) is 12.1 Å². The molecule has 2 aromatic carbocycles. The summed E-state index contributed by atoms with van der Waals surface area (Å²) in [6.07, 6.45) is 1.19. The van der Waals surface area contributed by atoms with Crippen molar-refractivity contribution in [3.05, 3.63) is 63.6 Å². The van der Waals surface area contributed by atoms with Crippen LogP contribution in [0.15, 0.2) is 47.4 Å². The van der Waals surface area contributed by atoms with Crippen LogP contribution in [0, 0.1) is 6.92 Å². The maximum absolute atomic E-state index is 12.6. The summed E-state index contributed by atoms with van der Waals surface area (Å²) in [5, 5.41) is 1.05. The number of rotatable bonds is 6. The maximum atomic E-state index is 12.6. The Hall–Kier alpha value is -1.15. The number of hydrogen-bond acceptors (Lipinski definition) is 5. The lowest BCUT2D eigenvalue weighted by Crippen LogP contribution is -2.42. The van der Waals surface area contributed by atoms with Crippen LogP contribution in [-0.2, 0) is 30.4 Å². The van der Waals surface area contributed by atoms with E-state index in [0.717, 1.165) is 11.1 Å². The second-order valence-corrected chi connectivity index (χ2v) is 9.36. The van der Waals surface area contributed by atoms with Gasteiger partial charge in [0.2, 0.25) is 0 Å². The number of benzene rings is 2. The summed E-state index contributed by atoms with van der Waals surface area (Å²) < 4.78 is 42.3. The molecule has 0 bridgehead atoms. The molecule has 5 nitrogen and oxygen atoms in total. The molecule has 1 saturated heterocycles. The number of ether oxygens (including phenoxy) is 2. The van der Waals surface area contributed by atoms with Crippen LogP contribution in [0.5, 0.6) is 0 Å². The molecule has 1 aliphatic rings. The Bertz CT molecular complexity index is 930. The van der Waals surface area contributed by atoms with E-state index in [-0.39, 0.29) is 11.5 Å². The molecule has 1 aliphatic heterocycles. The fraction of sp³-hybridized carbons (Fsp3) is 0.400. The average molecular weight is 445 g/mol. The molecule has 2 unspecified atom stereocenters. The van der Waals surface area contributed by atoms with Crippen LogP contribution in [-0.4, -0.2) is 20.5 Å². The Morgan fingerprint density at radius 2 is 1.89 bits per heavy atom. The predicted octanol–water partition coefficient (Wildman–Crippen LogP) is 5.47. The summed E-state index contributed by atoms with van der Waals surface area (Å²) in [5.74, 6) is -1.30. The predicted molar refractivity (Wildman–Crippen MR) is 108 cm³/mol. The lowest BCUT2D eigenvalue weighted by molar-refractivity contribution is -0.295. The summed E-state index contributed by atoms with van der Waals surface area (Å²) >= 11 is 12.1. The van der Waals surface area contributed by atoms with Gasteiger partial charge in [-0.3, -0.25) is 0 Å². The molecule has 152 valence electrons. The van der Waals surface area contributed by atoms with Crippen LogP contribution in [0.25, 0.3) is 0 Å². The van der Waals surface area contributed by atoms with E-state index in [9.17, 15) is 8.42 Å². The highest BCUT2D eigenvalue weighted by atomic mass is 35.5. The van der Waals surface area contributed by atoms with Crippen molar-refractivity contribution in [1.29, 1.82) is 0 Å². The van der Waals surface area contributed by atoms with E-state index in [2.05, 4.69) is 0 Å². The largest absolute Gasteiger partial charge is 0.348 e. The van der Waals surface area contributed by atoms with Gasteiger partial charge in [0.1, 0.15) is 0 Å². The van der Waals surface area contributed by atoms with Gasteiger partial charge in [0.25, 0.3) is 10.1 Å². The van der Waals surface area contributed by atoms with Gasteiger partial charge < -0.3 is 9.47 Å². The van der Waals surface area contributed by atoms with Crippen molar-refractivity contribution in [1.82, 2.24) is 0 Å². The van der Waals surface area contributed by atoms with Gasteiger partial charge in [-0.05, 0) is 56.5 Å². The molecular formula is C20H22Cl2O5S. The van der Waals surface area contributed by atoms with E-state index >= 15 is 0 Å². The van der Waals surface area contributed by atoms with Crippen LogP contribution >= 0.6 is 23.2 Å². The summed E-state index contributed by atoms with van der Waals surface area (Å²) in [7, 11) is -3.95. The van der Waals surface area contributed by atoms with Gasteiger partial charge in [0.15, 0.2) is 12.1 Å². The highest BCUT2D eigenvalue weighted by Crippen LogP contribution is 2.34. The summed E-state index contributed by atoms with van der Waals surface area (Å²) in [4.78, 5) is 0.0962. The van der Waals surface area contributed by atoms with Crippen LogP contribution in [0.1, 0.15) is 37.3 Å². The standard InChI is InChI=1S/C20H22Cl2O5S/c1-14-5-9-17(10-6-14)28(23,24)27-20(2)11-3-4-19(26-20)25-13-15-7-8-16(21)12-18(15)22/h5-10,12,19H,3-4,11,13H2,1-2H3. The third kappa shape index (κ3) is 5.47. The summed E-state index contributed by atoms with van der Waals surface area (Å²) in [5.41, 5.74) is 1.74. The molecule has 2 aromatic rings. The molecule has 1 fully saturated rings. The molecule has 3 rings (SSSR count). The first kappa shape index (κ1) is 21.6. The van der Waals surface area contributed by atoms with E-state index in [4.69, 9.17) is 36.9 Å². The molecule has 0 N–H and O–H groups in total. The van der Waals surface area contributed by atoms with Gasteiger partial charge in [-0.1, -0.05) is 47.0 Å². The quantitative estimate of drug-likeness (QED) is 0.552. The highest BCUT2D eigenvalue weighted by Gasteiger charge is 2.39. The number of halogens is 2. The Kier molecular flexibility index (Phi) is 6.69. The first-order valence-electron chi connectivity index (χ1n) is 8.93. The van der Waals surface area contributed by atoms with E-state index < -0.39 is 22.2 Å². The Labute approximate surface area is 175 Å². The molecule has 1 heterocycles. The second-order valence-electron chi connectivity index (χ2n) is 6.97. The van der Waals surface area contributed by atoms with E-state index in [1.54, 1.807) is 37.3 Å². The monoisotopic (exact) mass is 444 g/mol. The van der Waals surface area contributed by atoms with Gasteiger partial charge >= 0.3 is 0 Å². The fourth-order valence-electron chi connectivity index (χ4n) is 2.97. The number of hydrogen-bond donors (Lipinski definition) is 0. The Balaban J connectivity index is 1.65. The molecule has 0 amide bonds. The Morgan fingerprint density at radius 3 is 2.57 bits per heavy atom. The topological polar surface area (TPSA) is 61.8 Å². The second kappa shape index (κ2) is 8.69. The summed E-state index contributed by atoms with van der Waals surface area (Å²) in [6.45, 7) is 3.72. The van der Waals surface area contributed by atoms with Gasteiger partial charge in [0, 0.05) is 16.5 Å². The van der Waals surface area contributed by atoms with Crippen molar-refractivity contribution in [3.8, 4) is 0 Å². The first-order valence-corrected chi connectivity index (χ1v) is 11.1. The zero-order valence-electron chi connectivity index (χ0n) is 15.7. The van der Waals surface area contributed by atoms with Crippen LogP contribution in [0.3, 0.4) is 0 Å². The third-order valence-electron chi connectivity index (χ3n) is 4.49. The minimum absolute atomic E-state index is 0.0962. The van der Waals surface area contributed by atoms with Crippen molar-refractivity contribution in [2.45, 2.75) is 56.7 Å². The Morgan fingerprint density at radius 1 is 1.18 bits per heavy atom. The van der Waals surface area contributed by atoms with Gasteiger partial charge in [0.05, 0.1) is 11.5 Å². The zero-order valence-corrected chi connectivity index (χ0v) is 18.0. The van der Waals surface area contributed by atoms with Crippen molar-refractivity contribution in [2.24, 2.45) is 0 Å². The molecule has 2 atom stereocenters. The molecule has 28 heavy (non-hydrogen) atoms. The lowest BCUT2D eigenvalue weighted by atomic mass is 10.1. The van der Waals surface area contributed by atoms with Gasteiger partial charge in [-0.15, -0.1) is 0 Å². The SMILES string of the molecule is Cc1ccc(S(=O)(=O)OC2(C)CCCC(OCc3ccc(Cl)cc3Cl)O2)cc1. The average Bonchev–Trinajstić information content (AvgIpc) is 2.60. The molecule has 0 aliphatic carbocycles. The minimum Gasteiger partial charge on any atom is -0.348 e. The lowest BCUT2D eigenvalue weighted by Gasteiger charge is -2.37. The first-order chi connectivity index (χ1) is 13.2. The van der Waals surface area contributed by atoms with Gasteiger partial charge in [-0.25, -0.2) is 4.18 Å². The van der Waals surface area contributed by atoms with E-state index in [1.807, 2.05) is 6.92 Å². The highest BCUT2D eigenvalue weighted by molar-refractivity contribution is 7.86. The van der Waals surface area contributed by atoms with Crippen molar-refractivity contribution in [3.63, 3.8) is 0 Å². The van der Waals surface area contributed by atoms with Crippen molar-refractivity contribution < 1.29 is 22.1 Å². The maximum Gasteiger partial charge on any atom is 0.299 e. The van der Waals surface area contributed by atoms with E-state index in [0.29, 0.717) is 29.3 Å². The molecule has 0 saturated carbocycles. The third-order valence-corrected chi connectivity index (χ3v) is 6.50. The smallest absolute Gasteiger partial charge is 0.299 e. The molecule has 0 radical (unpaired) electrons. The van der Waals surface area contributed by atoms with Gasteiger partial charge in [-0.2, -0.15) is 8.42 Å². The molecule has 0 spiro atoms.